The van der Waals surface area contributed by atoms with Crippen LogP contribution in [0.3, 0.4) is 0 Å². The topological polar surface area (TPSA) is 38.4 Å². The molecule has 62 valence electrons. The summed E-state index contributed by atoms with van der Waals surface area (Å²) in [5.74, 6) is 7.02. The van der Waals surface area contributed by atoms with Crippen LogP contribution in [0.2, 0.25) is 0 Å². The van der Waals surface area contributed by atoms with Gasteiger partial charge < -0.3 is 0 Å². The van der Waals surface area contributed by atoms with Crippen LogP contribution in [-0.2, 0) is 0 Å². The van der Waals surface area contributed by atoms with E-state index >= 15 is 0 Å². The van der Waals surface area contributed by atoms with Gasteiger partial charge >= 0.3 is 0 Å². The first kappa shape index (κ1) is 8.43. The van der Waals surface area contributed by atoms with E-state index in [-0.39, 0.29) is 0 Å². The van der Waals surface area contributed by atoms with E-state index in [2.05, 4.69) is 11.9 Å². The van der Waals surface area contributed by atoms with Gasteiger partial charge in [0.15, 0.2) is 0 Å². The molecule has 0 aromatic rings. The highest BCUT2D eigenvalue weighted by Crippen LogP contribution is 2.16. The van der Waals surface area contributed by atoms with Gasteiger partial charge in [0.1, 0.15) is 12.7 Å². The fraction of sp³-hybridized carbons (Fsp3) is 0.625. The lowest BCUT2D eigenvalue weighted by Gasteiger charge is -2.23. The summed E-state index contributed by atoms with van der Waals surface area (Å²) < 4.78 is 0.405. The van der Waals surface area contributed by atoms with Crippen molar-refractivity contribution in [3.63, 3.8) is 0 Å². The van der Waals surface area contributed by atoms with Crippen molar-refractivity contribution in [2.24, 2.45) is 10.8 Å². The third-order valence-electron chi connectivity index (χ3n) is 1.95. The highest BCUT2D eigenvalue weighted by atomic mass is 15.6. The van der Waals surface area contributed by atoms with Crippen LogP contribution >= 0.6 is 0 Å². The lowest BCUT2D eigenvalue weighted by Crippen LogP contribution is -2.52. The van der Waals surface area contributed by atoms with Crippen molar-refractivity contribution in [3.8, 4) is 0 Å². The van der Waals surface area contributed by atoms with Gasteiger partial charge in [-0.2, -0.15) is 15.4 Å². The molecule has 0 saturated carbocycles. The third-order valence-corrected chi connectivity index (χ3v) is 1.95. The van der Waals surface area contributed by atoms with E-state index in [0.29, 0.717) is 4.59 Å². The SMILES string of the molecule is CCC[N+]1(N)C=C(C)N=C1C. The van der Waals surface area contributed by atoms with Gasteiger partial charge in [-0.3, -0.25) is 0 Å². The van der Waals surface area contributed by atoms with Gasteiger partial charge in [-0.25, -0.2) is 0 Å². The normalized spacial score (nSPS) is 30.2. The maximum atomic E-state index is 6.03. The fourth-order valence-electron chi connectivity index (χ4n) is 1.40. The van der Waals surface area contributed by atoms with E-state index in [4.69, 9.17) is 5.84 Å². The van der Waals surface area contributed by atoms with Gasteiger partial charge in [0.05, 0.1) is 5.70 Å². The molecule has 11 heavy (non-hydrogen) atoms. The first-order chi connectivity index (χ1) is 5.08. The molecule has 0 amide bonds. The van der Waals surface area contributed by atoms with Crippen molar-refractivity contribution in [2.75, 3.05) is 6.54 Å². The predicted molar refractivity (Wildman–Crippen MR) is 46.5 cm³/mol. The lowest BCUT2D eigenvalue weighted by atomic mass is 10.4. The molecule has 2 N–H and O–H groups in total. The van der Waals surface area contributed by atoms with E-state index < -0.39 is 0 Å². The average molecular weight is 154 g/mol. The van der Waals surface area contributed by atoms with Crippen molar-refractivity contribution >= 4 is 5.84 Å². The molecule has 0 aromatic carbocycles. The minimum atomic E-state index is 0.405. The Morgan fingerprint density at radius 3 is 2.55 bits per heavy atom. The van der Waals surface area contributed by atoms with Gasteiger partial charge in [-0.1, -0.05) is 6.92 Å². The number of nitrogens with zero attached hydrogens (tertiary/aromatic N) is 2. The second kappa shape index (κ2) is 2.75. The molecule has 0 aliphatic carbocycles. The van der Waals surface area contributed by atoms with Gasteiger partial charge in [0, 0.05) is 6.92 Å². The maximum Gasteiger partial charge on any atom is 0.224 e. The summed E-state index contributed by atoms with van der Waals surface area (Å²) in [4.78, 5) is 4.29. The molecule has 0 spiro atoms. The van der Waals surface area contributed by atoms with Crippen LogP contribution in [0, 0.1) is 0 Å². The first-order valence-corrected chi connectivity index (χ1v) is 4.00. The molecular formula is C8H16N3+. The van der Waals surface area contributed by atoms with Crippen molar-refractivity contribution in [1.82, 2.24) is 0 Å². The van der Waals surface area contributed by atoms with Crippen molar-refractivity contribution in [3.05, 3.63) is 11.9 Å². The van der Waals surface area contributed by atoms with Crippen LogP contribution in [0.1, 0.15) is 27.2 Å². The first-order valence-electron chi connectivity index (χ1n) is 4.00. The van der Waals surface area contributed by atoms with Gasteiger partial charge in [-0.15, -0.1) is 0 Å². The van der Waals surface area contributed by atoms with Crippen LogP contribution < -0.4 is 5.84 Å². The molecule has 1 atom stereocenters. The van der Waals surface area contributed by atoms with E-state index in [1.807, 2.05) is 20.0 Å². The van der Waals surface area contributed by atoms with Crippen molar-refractivity contribution in [2.45, 2.75) is 27.2 Å². The molecule has 0 bridgehead atoms. The van der Waals surface area contributed by atoms with E-state index in [1.54, 1.807) is 0 Å². The largest absolute Gasteiger partial charge is 0.224 e. The molecular weight excluding hydrogens is 138 g/mol. The molecule has 3 heteroatoms. The summed E-state index contributed by atoms with van der Waals surface area (Å²) in [7, 11) is 0. The number of amidine groups is 1. The van der Waals surface area contributed by atoms with Crippen molar-refractivity contribution in [1.29, 1.82) is 0 Å². The molecule has 1 heterocycles. The summed E-state index contributed by atoms with van der Waals surface area (Å²) in [5, 5.41) is 0. The summed E-state index contributed by atoms with van der Waals surface area (Å²) >= 11 is 0. The molecule has 1 rings (SSSR count). The Morgan fingerprint density at radius 1 is 1.55 bits per heavy atom. The van der Waals surface area contributed by atoms with Crippen LogP contribution in [0.5, 0.6) is 0 Å². The highest BCUT2D eigenvalue weighted by Gasteiger charge is 2.29. The zero-order valence-electron chi connectivity index (χ0n) is 7.46. The fourth-order valence-corrected chi connectivity index (χ4v) is 1.40. The van der Waals surface area contributed by atoms with Gasteiger partial charge in [0.25, 0.3) is 0 Å². The number of quaternary nitrogens is 1. The van der Waals surface area contributed by atoms with E-state index in [1.165, 1.54) is 0 Å². The molecule has 3 nitrogen and oxygen atoms in total. The smallest absolute Gasteiger partial charge is 0.198 e. The number of hydrogen-bond donors (Lipinski definition) is 1. The number of aliphatic imine (C=N–C) groups is 1. The number of nitrogens with two attached hydrogens (primary N) is 1. The van der Waals surface area contributed by atoms with Gasteiger partial charge in [-0.05, 0) is 13.3 Å². The maximum absolute atomic E-state index is 6.03. The Kier molecular flexibility index (Phi) is 2.11. The van der Waals surface area contributed by atoms with Gasteiger partial charge in [0.2, 0.25) is 5.84 Å². The Balaban J connectivity index is 2.81. The molecule has 0 fully saturated rings. The highest BCUT2D eigenvalue weighted by molar-refractivity contribution is 5.75. The van der Waals surface area contributed by atoms with E-state index in [9.17, 15) is 0 Å². The minimum Gasteiger partial charge on any atom is -0.198 e. The Hall–Kier alpha value is -0.670. The third kappa shape index (κ3) is 1.49. The standard InChI is InChI=1S/C8H16N3/c1-4-5-11(9)6-7(2)10-8(11)3/h6H,4-5,9H2,1-3H3/q+1. The zero-order chi connectivity index (χ0) is 8.48. The number of hydrogen-bond acceptors (Lipinski definition) is 2. The summed E-state index contributed by atoms with van der Waals surface area (Å²) in [6.07, 6.45) is 3.08. The van der Waals surface area contributed by atoms with Crippen molar-refractivity contribution < 1.29 is 4.59 Å². The second-order valence-electron chi connectivity index (χ2n) is 3.08. The Morgan fingerprint density at radius 2 is 2.18 bits per heavy atom. The van der Waals surface area contributed by atoms with E-state index in [0.717, 1.165) is 24.5 Å². The molecule has 1 aliphatic heterocycles. The average Bonchev–Trinajstić information content (AvgIpc) is 2.08. The summed E-state index contributed by atoms with van der Waals surface area (Å²) in [6.45, 7) is 7.02. The van der Waals surface area contributed by atoms with Crippen LogP contribution in [-0.4, -0.2) is 17.0 Å². The predicted octanol–water partition coefficient (Wildman–Crippen LogP) is 1.38. The summed E-state index contributed by atoms with van der Waals surface area (Å²) in [5.41, 5.74) is 1.03. The Bertz CT molecular complexity index is 217. The summed E-state index contributed by atoms with van der Waals surface area (Å²) in [6, 6.07) is 0. The quantitative estimate of drug-likeness (QED) is 0.473. The Labute approximate surface area is 67.8 Å². The molecule has 1 aliphatic rings. The molecule has 0 radical (unpaired) electrons. The van der Waals surface area contributed by atoms with Crippen LogP contribution in [0.4, 0.5) is 0 Å². The molecule has 0 aromatic heterocycles. The minimum absolute atomic E-state index is 0.405. The molecule has 0 saturated heterocycles. The second-order valence-corrected chi connectivity index (χ2v) is 3.08. The zero-order valence-corrected chi connectivity index (χ0v) is 7.46. The van der Waals surface area contributed by atoms with Crippen LogP contribution in [0.15, 0.2) is 16.9 Å². The monoisotopic (exact) mass is 154 g/mol. The number of allylic oxidation sites excluding steroid dienone is 1. The lowest BCUT2D eigenvalue weighted by molar-refractivity contribution is -0.799. The number of rotatable bonds is 2. The molecule has 1 unspecified atom stereocenters. The van der Waals surface area contributed by atoms with Crippen LogP contribution in [0.25, 0.3) is 0 Å².